The second kappa shape index (κ2) is 8.46. The number of thioether (sulfide) groups is 1. The van der Waals surface area contributed by atoms with Gasteiger partial charge in [0.25, 0.3) is 0 Å². The first-order valence-electron chi connectivity index (χ1n) is 10.5. The van der Waals surface area contributed by atoms with Gasteiger partial charge < -0.3 is 20.3 Å². The number of amidine groups is 2. The maximum Gasteiger partial charge on any atom is 0.182 e. The third kappa shape index (κ3) is 4.98. The highest BCUT2D eigenvalue weighted by atomic mass is 32.2. The van der Waals surface area contributed by atoms with E-state index in [9.17, 15) is 5.11 Å². The average Bonchev–Trinajstić information content (AvgIpc) is 3.03. The number of hydrogen-bond donors (Lipinski definition) is 3. The van der Waals surface area contributed by atoms with Crippen LogP contribution in [0.2, 0.25) is 0 Å². The lowest BCUT2D eigenvalue weighted by atomic mass is 9.84. The number of phenols is 1. The van der Waals surface area contributed by atoms with Crippen molar-refractivity contribution in [1.82, 2.24) is 0 Å². The number of aliphatic imine (C=N–C) groups is 1. The molecule has 31 heavy (non-hydrogen) atoms. The average molecular weight is 440 g/mol. The lowest BCUT2D eigenvalue weighted by molar-refractivity contribution is 0.109. The van der Waals surface area contributed by atoms with Crippen molar-refractivity contribution in [2.75, 3.05) is 6.61 Å². The minimum absolute atomic E-state index is 0.0264. The van der Waals surface area contributed by atoms with Crippen molar-refractivity contribution in [2.24, 2.45) is 10.7 Å². The highest BCUT2D eigenvalue weighted by Crippen LogP contribution is 2.39. The Hall–Kier alpha value is -2.67. The Balaban J connectivity index is 1.34. The van der Waals surface area contributed by atoms with E-state index in [0.29, 0.717) is 18.2 Å². The molecular weight excluding hydrogens is 410 g/mol. The first-order valence-corrected chi connectivity index (χ1v) is 11.4. The number of phenolic OH excluding ortho intramolecular Hbond substituents is 1. The number of benzene rings is 2. The van der Waals surface area contributed by atoms with E-state index < -0.39 is 0 Å². The van der Waals surface area contributed by atoms with Crippen molar-refractivity contribution in [3.8, 4) is 17.2 Å². The van der Waals surface area contributed by atoms with E-state index in [1.165, 1.54) is 11.8 Å². The Morgan fingerprint density at radius 3 is 2.65 bits per heavy atom. The number of ether oxygens (including phenoxy) is 2. The van der Waals surface area contributed by atoms with Gasteiger partial charge in [0.15, 0.2) is 5.17 Å². The number of fused-ring (bicyclic) bond motifs is 1. The topological polar surface area (TPSA) is 101 Å². The zero-order chi connectivity index (χ0) is 22.2. The molecule has 0 amide bonds. The molecule has 2 aliphatic rings. The summed E-state index contributed by atoms with van der Waals surface area (Å²) in [5.74, 6) is 2.50. The van der Waals surface area contributed by atoms with Crippen molar-refractivity contribution in [3.05, 3.63) is 53.1 Å². The van der Waals surface area contributed by atoms with Gasteiger partial charge in [-0.3, -0.25) is 5.41 Å². The quantitative estimate of drug-likeness (QED) is 0.641. The van der Waals surface area contributed by atoms with E-state index in [2.05, 4.69) is 25.8 Å². The van der Waals surface area contributed by atoms with Crippen molar-refractivity contribution in [3.63, 3.8) is 0 Å². The second-order valence-electron chi connectivity index (χ2n) is 9.11. The summed E-state index contributed by atoms with van der Waals surface area (Å²) in [7, 11) is 0. The van der Waals surface area contributed by atoms with Crippen LogP contribution in [-0.4, -0.2) is 34.1 Å². The van der Waals surface area contributed by atoms with Gasteiger partial charge in [0.05, 0.1) is 5.25 Å². The molecule has 2 aromatic carbocycles. The van der Waals surface area contributed by atoms with Crippen molar-refractivity contribution in [2.45, 2.75) is 56.8 Å². The molecule has 0 saturated heterocycles. The molecule has 0 fully saturated rings. The standard InChI is InChI=1S/C24H29N3O3S/c1-24(2,3)18-12-20-15(11-19(18)28)6-9-17(30-20)13-29-16-7-4-14(5-8-16)10-21-22(25)27-23(26)31-21/h4-5,7-8,11-12,17,21,28H,6,9-10,13H2,1-3H3,(H3,25,26,27). The largest absolute Gasteiger partial charge is 0.508 e. The number of rotatable bonds is 5. The SMILES string of the molecule is CC(C)(C)c1cc2c(cc1O)CCC(COc1ccc(CC3SC(=N)N=C3N)cc1)O2. The molecule has 0 radical (unpaired) electrons. The number of hydrogen-bond acceptors (Lipinski definition) is 6. The summed E-state index contributed by atoms with van der Waals surface area (Å²) in [6, 6.07) is 11.8. The van der Waals surface area contributed by atoms with Gasteiger partial charge in [-0.2, -0.15) is 0 Å². The van der Waals surface area contributed by atoms with E-state index in [0.717, 1.165) is 47.5 Å². The molecule has 2 atom stereocenters. The Morgan fingerprint density at radius 2 is 2.00 bits per heavy atom. The second-order valence-corrected chi connectivity index (χ2v) is 10.3. The van der Waals surface area contributed by atoms with Gasteiger partial charge in [0, 0.05) is 5.56 Å². The third-order valence-corrected chi connectivity index (χ3v) is 6.62. The van der Waals surface area contributed by atoms with Gasteiger partial charge in [-0.15, -0.1) is 0 Å². The summed E-state index contributed by atoms with van der Waals surface area (Å²) in [5.41, 5.74) is 8.81. The van der Waals surface area contributed by atoms with Gasteiger partial charge in [-0.05, 0) is 60.1 Å². The van der Waals surface area contributed by atoms with Crippen LogP contribution in [0.4, 0.5) is 0 Å². The van der Waals surface area contributed by atoms with Crippen LogP contribution in [0.5, 0.6) is 17.2 Å². The molecule has 7 heteroatoms. The van der Waals surface area contributed by atoms with Crippen LogP contribution in [0.1, 0.15) is 43.9 Å². The smallest absolute Gasteiger partial charge is 0.182 e. The number of nitrogens with two attached hydrogens (primary N) is 1. The molecule has 2 heterocycles. The summed E-state index contributed by atoms with van der Waals surface area (Å²) in [4.78, 5) is 3.99. The highest BCUT2D eigenvalue weighted by Gasteiger charge is 2.26. The molecule has 4 rings (SSSR count). The fourth-order valence-corrected chi connectivity index (χ4v) is 4.75. The van der Waals surface area contributed by atoms with Crippen LogP contribution in [0.25, 0.3) is 0 Å². The van der Waals surface area contributed by atoms with Crippen LogP contribution in [0.3, 0.4) is 0 Å². The van der Waals surface area contributed by atoms with E-state index in [1.807, 2.05) is 36.4 Å². The van der Waals surface area contributed by atoms with E-state index in [4.69, 9.17) is 20.6 Å². The van der Waals surface area contributed by atoms with Crippen LogP contribution >= 0.6 is 11.8 Å². The van der Waals surface area contributed by atoms with Crippen LogP contribution in [0, 0.1) is 5.41 Å². The maximum absolute atomic E-state index is 10.4. The summed E-state index contributed by atoms with van der Waals surface area (Å²) in [5, 5.41) is 18.3. The summed E-state index contributed by atoms with van der Waals surface area (Å²) >= 11 is 1.39. The van der Waals surface area contributed by atoms with Gasteiger partial charge in [0.2, 0.25) is 0 Å². The van der Waals surface area contributed by atoms with Crippen LogP contribution in [-0.2, 0) is 18.3 Å². The monoisotopic (exact) mass is 439 g/mol. The fourth-order valence-electron chi connectivity index (χ4n) is 3.87. The third-order valence-electron chi connectivity index (χ3n) is 5.61. The molecule has 0 saturated carbocycles. The molecule has 6 nitrogen and oxygen atoms in total. The van der Waals surface area contributed by atoms with E-state index >= 15 is 0 Å². The first-order chi connectivity index (χ1) is 14.7. The zero-order valence-electron chi connectivity index (χ0n) is 18.1. The normalized spacial score (nSPS) is 20.7. The minimum atomic E-state index is -0.151. The van der Waals surface area contributed by atoms with Crippen molar-refractivity contribution < 1.29 is 14.6 Å². The van der Waals surface area contributed by atoms with Gasteiger partial charge >= 0.3 is 0 Å². The molecule has 2 unspecified atom stereocenters. The molecule has 2 aliphatic heterocycles. The fraction of sp³-hybridized carbons (Fsp3) is 0.417. The van der Waals surface area contributed by atoms with Crippen molar-refractivity contribution >= 4 is 22.8 Å². The Bertz CT molecular complexity index is 1010. The van der Waals surface area contributed by atoms with E-state index in [1.54, 1.807) is 0 Å². The minimum Gasteiger partial charge on any atom is -0.508 e. The van der Waals surface area contributed by atoms with Gasteiger partial charge in [-0.25, -0.2) is 4.99 Å². The van der Waals surface area contributed by atoms with Crippen LogP contribution < -0.4 is 15.2 Å². The molecule has 0 aliphatic carbocycles. The molecule has 2 aromatic rings. The molecule has 4 N–H and O–H groups in total. The Kier molecular flexibility index (Phi) is 5.88. The number of aryl methyl sites for hydroxylation is 1. The summed E-state index contributed by atoms with van der Waals surface area (Å²) in [6.45, 7) is 6.72. The van der Waals surface area contributed by atoms with Crippen molar-refractivity contribution in [1.29, 1.82) is 5.41 Å². The number of aromatic hydroxyl groups is 1. The lowest BCUT2D eigenvalue weighted by Gasteiger charge is -2.29. The van der Waals surface area contributed by atoms with Gasteiger partial charge in [0.1, 0.15) is 35.8 Å². The molecular formula is C24H29N3O3S. The maximum atomic E-state index is 10.4. The molecule has 0 aromatic heterocycles. The van der Waals surface area contributed by atoms with Crippen LogP contribution in [0.15, 0.2) is 41.4 Å². The summed E-state index contributed by atoms with van der Waals surface area (Å²) < 4.78 is 12.2. The van der Waals surface area contributed by atoms with Gasteiger partial charge in [-0.1, -0.05) is 44.7 Å². The predicted octanol–water partition coefficient (Wildman–Crippen LogP) is 4.41. The number of nitrogens with zero attached hydrogens (tertiary/aromatic N) is 1. The Labute approximate surface area is 187 Å². The lowest BCUT2D eigenvalue weighted by Crippen LogP contribution is -2.29. The van der Waals surface area contributed by atoms with E-state index in [-0.39, 0.29) is 21.9 Å². The summed E-state index contributed by atoms with van der Waals surface area (Å²) in [6.07, 6.45) is 2.43. The zero-order valence-corrected chi connectivity index (χ0v) is 19.0. The molecule has 164 valence electrons. The molecule has 0 bridgehead atoms. The molecule has 0 spiro atoms. The predicted molar refractivity (Wildman–Crippen MR) is 126 cm³/mol. The number of nitrogens with one attached hydrogen (secondary N) is 1. The Morgan fingerprint density at radius 1 is 1.26 bits per heavy atom. The highest BCUT2D eigenvalue weighted by molar-refractivity contribution is 8.15. The first kappa shape index (κ1) is 21.6.